The molecule has 0 unspecified atom stereocenters. The van der Waals surface area contributed by atoms with Gasteiger partial charge in [-0.3, -0.25) is 10.1 Å². The van der Waals surface area contributed by atoms with Crippen LogP contribution in [0.3, 0.4) is 0 Å². The second kappa shape index (κ2) is 4.79. The average Bonchev–Trinajstić information content (AvgIpc) is 2.28. The molecule has 0 bridgehead atoms. The average molecular weight is 248 g/mol. The Morgan fingerprint density at radius 1 is 1.33 bits per heavy atom. The van der Waals surface area contributed by atoms with Gasteiger partial charge < -0.3 is 4.74 Å². The molecule has 0 radical (unpaired) electrons. The van der Waals surface area contributed by atoms with E-state index in [1.165, 1.54) is 24.4 Å². The highest BCUT2D eigenvalue weighted by molar-refractivity contribution is 5.50. The number of aryl methyl sites for hydroxylation is 1. The SMILES string of the molecule is Cc1ccc([N+](=O)[O-])c(Oc2ccnc(F)c2)c1. The summed E-state index contributed by atoms with van der Waals surface area (Å²) in [5.41, 5.74) is 0.642. The van der Waals surface area contributed by atoms with Crippen LogP contribution in [0.2, 0.25) is 0 Å². The van der Waals surface area contributed by atoms with Gasteiger partial charge in [-0.2, -0.15) is 4.39 Å². The van der Waals surface area contributed by atoms with Crippen LogP contribution in [0.15, 0.2) is 36.5 Å². The van der Waals surface area contributed by atoms with Gasteiger partial charge in [-0.1, -0.05) is 6.07 Å². The molecule has 2 aromatic rings. The van der Waals surface area contributed by atoms with Crippen LogP contribution in [0.25, 0.3) is 0 Å². The Kier molecular flexibility index (Phi) is 3.18. The Balaban J connectivity index is 2.39. The van der Waals surface area contributed by atoms with Gasteiger partial charge in [0.1, 0.15) is 5.75 Å². The van der Waals surface area contributed by atoms with Crippen molar-refractivity contribution in [3.05, 3.63) is 58.2 Å². The quantitative estimate of drug-likeness (QED) is 0.475. The molecule has 0 aliphatic rings. The molecule has 1 aromatic carbocycles. The molecule has 5 nitrogen and oxygen atoms in total. The lowest BCUT2D eigenvalue weighted by Gasteiger charge is -2.06. The molecule has 0 saturated carbocycles. The van der Waals surface area contributed by atoms with E-state index in [1.807, 2.05) is 0 Å². The summed E-state index contributed by atoms with van der Waals surface area (Å²) in [7, 11) is 0. The zero-order valence-corrected chi connectivity index (χ0v) is 9.46. The molecule has 0 spiro atoms. The van der Waals surface area contributed by atoms with Crippen molar-refractivity contribution in [1.29, 1.82) is 0 Å². The largest absolute Gasteiger partial charge is 0.450 e. The summed E-state index contributed by atoms with van der Waals surface area (Å²) in [6, 6.07) is 6.97. The summed E-state index contributed by atoms with van der Waals surface area (Å²) < 4.78 is 18.2. The van der Waals surface area contributed by atoms with Crippen LogP contribution < -0.4 is 4.74 Å². The van der Waals surface area contributed by atoms with Crippen molar-refractivity contribution in [2.75, 3.05) is 0 Å². The van der Waals surface area contributed by atoms with E-state index in [-0.39, 0.29) is 17.2 Å². The number of rotatable bonds is 3. The van der Waals surface area contributed by atoms with E-state index in [1.54, 1.807) is 13.0 Å². The van der Waals surface area contributed by atoms with Crippen molar-refractivity contribution >= 4 is 5.69 Å². The lowest BCUT2D eigenvalue weighted by molar-refractivity contribution is -0.385. The maximum absolute atomic E-state index is 12.9. The molecule has 0 aliphatic heterocycles. The van der Waals surface area contributed by atoms with Gasteiger partial charge in [-0.25, -0.2) is 4.98 Å². The molecule has 1 aromatic heterocycles. The number of hydrogen-bond acceptors (Lipinski definition) is 4. The Morgan fingerprint density at radius 3 is 2.78 bits per heavy atom. The summed E-state index contributed by atoms with van der Waals surface area (Å²) in [5.74, 6) is -0.468. The molecule has 0 saturated heterocycles. The number of hydrogen-bond donors (Lipinski definition) is 0. The van der Waals surface area contributed by atoms with Crippen molar-refractivity contribution in [2.24, 2.45) is 0 Å². The molecule has 1 heterocycles. The molecule has 0 fully saturated rings. The zero-order valence-electron chi connectivity index (χ0n) is 9.46. The summed E-state index contributed by atoms with van der Waals surface area (Å²) in [5, 5.41) is 10.8. The third kappa shape index (κ3) is 2.60. The predicted molar refractivity (Wildman–Crippen MR) is 62.1 cm³/mol. The predicted octanol–water partition coefficient (Wildman–Crippen LogP) is 3.23. The number of nitrogens with zero attached hydrogens (tertiary/aromatic N) is 2. The minimum absolute atomic E-state index is 0.0746. The van der Waals surface area contributed by atoms with Crippen molar-refractivity contribution in [2.45, 2.75) is 6.92 Å². The number of aromatic nitrogens is 1. The standard InChI is InChI=1S/C12H9FN2O3/c1-8-2-3-10(15(16)17)11(6-8)18-9-4-5-14-12(13)7-9/h2-7H,1H3. The van der Waals surface area contributed by atoms with Gasteiger partial charge in [0.2, 0.25) is 11.7 Å². The lowest BCUT2D eigenvalue weighted by atomic mass is 10.2. The maximum Gasteiger partial charge on any atom is 0.311 e. The molecule has 2 rings (SSSR count). The molecular formula is C12H9FN2O3. The second-order valence-corrected chi connectivity index (χ2v) is 3.64. The summed E-state index contributed by atoms with van der Waals surface area (Å²) in [6.07, 6.45) is 1.23. The van der Waals surface area contributed by atoms with E-state index >= 15 is 0 Å². The first kappa shape index (κ1) is 12.0. The Hall–Kier alpha value is -2.50. The highest BCUT2D eigenvalue weighted by Crippen LogP contribution is 2.31. The lowest BCUT2D eigenvalue weighted by Crippen LogP contribution is -1.94. The molecule has 0 aliphatic carbocycles. The monoisotopic (exact) mass is 248 g/mol. The topological polar surface area (TPSA) is 65.3 Å². The Bertz CT molecular complexity index is 602. The number of pyridine rings is 1. The van der Waals surface area contributed by atoms with Crippen LogP contribution in [-0.4, -0.2) is 9.91 Å². The van der Waals surface area contributed by atoms with E-state index < -0.39 is 10.9 Å². The molecule has 6 heteroatoms. The van der Waals surface area contributed by atoms with Gasteiger partial charge in [0.05, 0.1) is 4.92 Å². The van der Waals surface area contributed by atoms with Gasteiger partial charge >= 0.3 is 5.69 Å². The van der Waals surface area contributed by atoms with E-state index in [4.69, 9.17) is 4.74 Å². The van der Waals surface area contributed by atoms with Gasteiger partial charge in [0, 0.05) is 18.3 Å². The fourth-order valence-electron chi connectivity index (χ4n) is 1.43. The third-order valence-electron chi connectivity index (χ3n) is 2.24. The van der Waals surface area contributed by atoms with Crippen molar-refractivity contribution in [1.82, 2.24) is 4.98 Å². The minimum atomic E-state index is -0.706. The summed E-state index contributed by atoms with van der Waals surface area (Å²) in [6.45, 7) is 1.78. The first-order valence-electron chi connectivity index (χ1n) is 5.11. The van der Waals surface area contributed by atoms with Crippen LogP contribution in [0.5, 0.6) is 11.5 Å². The van der Waals surface area contributed by atoms with E-state index in [9.17, 15) is 14.5 Å². The van der Waals surface area contributed by atoms with Gasteiger partial charge in [0.25, 0.3) is 0 Å². The van der Waals surface area contributed by atoms with E-state index in [0.717, 1.165) is 11.6 Å². The number of benzene rings is 1. The second-order valence-electron chi connectivity index (χ2n) is 3.64. The number of nitro groups is 1. The molecular weight excluding hydrogens is 239 g/mol. The first-order valence-corrected chi connectivity index (χ1v) is 5.11. The van der Waals surface area contributed by atoms with Crippen LogP contribution in [0, 0.1) is 23.0 Å². The third-order valence-corrected chi connectivity index (χ3v) is 2.24. The highest BCUT2D eigenvalue weighted by atomic mass is 19.1. The summed E-state index contributed by atoms with van der Waals surface area (Å²) in [4.78, 5) is 13.7. The summed E-state index contributed by atoms with van der Waals surface area (Å²) >= 11 is 0. The highest BCUT2D eigenvalue weighted by Gasteiger charge is 2.15. The van der Waals surface area contributed by atoms with Crippen molar-refractivity contribution in [3.63, 3.8) is 0 Å². The van der Waals surface area contributed by atoms with Crippen molar-refractivity contribution in [3.8, 4) is 11.5 Å². The first-order chi connectivity index (χ1) is 8.56. The van der Waals surface area contributed by atoms with Crippen LogP contribution >= 0.6 is 0 Å². The van der Waals surface area contributed by atoms with Crippen LogP contribution in [-0.2, 0) is 0 Å². The number of halogens is 1. The Labute approximate surface area is 102 Å². The fourth-order valence-corrected chi connectivity index (χ4v) is 1.43. The normalized spacial score (nSPS) is 10.1. The molecule has 18 heavy (non-hydrogen) atoms. The van der Waals surface area contributed by atoms with Crippen molar-refractivity contribution < 1.29 is 14.1 Å². The zero-order chi connectivity index (χ0) is 13.1. The minimum Gasteiger partial charge on any atom is -0.450 e. The number of nitro benzene ring substituents is 1. The van der Waals surface area contributed by atoms with Gasteiger partial charge in [-0.15, -0.1) is 0 Å². The van der Waals surface area contributed by atoms with E-state index in [0.29, 0.717) is 0 Å². The molecule has 0 amide bonds. The molecule has 0 atom stereocenters. The van der Waals surface area contributed by atoms with Gasteiger partial charge in [0.15, 0.2) is 0 Å². The van der Waals surface area contributed by atoms with Crippen LogP contribution in [0.4, 0.5) is 10.1 Å². The van der Waals surface area contributed by atoms with Crippen LogP contribution in [0.1, 0.15) is 5.56 Å². The molecule has 0 N–H and O–H groups in total. The maximum atomic E-state index is 12.9. The van der Waals surface area contributed by atoms with E-state index in [2.05, 4.69) is 4.98 Å². The smallest absolute Gasteiger partial charge is 0.311 e. The fraction of sp³-hybridized carbons (Fsp3) is 0.0833. The molecule has 92 valence electrons. The Morgan fingerprint density at radius 2 is 2.11 bits per heavy atom. The number of ether oxygens (including phenoxy) is 1. The van der Waals surface area contributed by atoms with Gasteiger partial charge in [-0.05, 0) is 24.6 Å².